The number of rotatable bonds is 7. The van der Waals surface area contributed by atoms with Gasteiger partial charge in [0.25, 0.3) is 5.56 Å². The highest BCUT2D eigenvalue weighted by molar-refractivity contribution is 15.0. The van der Waals surface area contributed by atoms with E-state index < -0.39 is 15.2 Å². The molecular weight excluding hydrogens is 704 g/mol. The summed E-state index contributed by atoms with van der Waals surface area (Å²) in [4.78, 5) is 11.8. The molecule has 0 aliphatic carbocycles. The number of nitrogens with one attached hydrogen (secondary N) is 2. The van der Waals surface area contributed by atoms with Crippen LogP contribution >= 0.6 is 52.4 Å². The Morgan fingerprint density at radius 2 is 1.33 bits per heavy atom. The molecule has 198 valence electrons. The van der Waals surface area contributed by atoms with Gasteiger partial charge in [0.2, 0.25) is 0 Å². The molecule has 1 saturated heterocycles. The molecule has 1 aliphatic rings. The zero-order valence-corrected chi connectivity index (χ0v) is 27.1. The van der Waals surface area contributed by atoms with E-state index in [0.717, 1.165) is 0 Å². The Balaban J connectivity index is 0. The van der Waals surface area contributed by atoms with Crippen LogP contribution in [0.2, 0.25) is 0 Å². The highest BCUT2D eigenvalue weighted by Gasteiger charge is 2.48. The number of halogens is 2. The van der Waals surface area contributed by atoms with Gasteiger partial charge < -0.3 is 22.8 Å². The molecule has 3 unspecified atom stereocenters. The number of hydrogen-bond acceptors (Lipinski definition) is 10. The van der Waals surface area contributed by atoms with Gasteiger partial charge >= 0.3 is 15.2 Å². The smallest absolute Gasteiger partial charge is 0.364 e. The number of methoxy groups -OCH3 is 1. The number of aromatic nitrogens is 2. The average Bonchev–Trinajstić information content (AvgIpc) is 3.34. The van der Waals surface area contributed by atoms with Crippen LogP contribution in [0.3, 0.4) is 0 Å². The third-order valence-electron chi connectivity index (χ3n) is 4.93. The number of hydrogen-bond donors (Lipinski definition) is 2. The van der Waals surface area contributed by atoms with Crippen LogP contribution in [0, 0.1) is 6.92 Å². The van der Waals surface area contributed by atoms with Crippen molar-refractivity contribution >= 4 is 57.7 Å². The molecule has 0 aromatic carbocycles. The Kier molecular flexibility index (Phi) is 18.6. The maximum Gasteiger partial charge on any atom is 0.368 e. The molecule has 2 heterocycles. The van der Waals surface area contributed by atoms with Gasteiger partial charge in [0.15, 0.2) is 5.30 Å². The van der Waals surface area contributed by atoms with E-state index in [2.05, 4.69) is 48.1 Å². The second-order valence-corrected chi connectivity index (χ2v) is 10.9. The molecule has 0 saturated carbocycles. The summed E-state index contributed by atoms with van der Waals surface area (Å²) in [7, 11) is 3.54. The second kappa shape index (κ2) is 17.2. The zero-order chi connectivity index (χ0) is 26.6. The van der Waals surface area contributed by atoms with Crippen LogP contribution in [-0.2, 0) is 46.1 Å². The van der Waals surface area contributed by atoms with Gasteiger partial charge in [0.1, 0.15) is 11.9 Å². The van der Waals surface area contributed by atoms with Crippen molar-refractivity contribution < 1.29 is 32.0 Å². The van der Waals surface area contributed by atoms with Crippen LogP contribution in [0.25, 0.3) is 0 Å². The van der Waals surface area contributed by atoms with Gasteiger partial charge in [-0.2, -0.15) is 0 Å². The minimum atomic E-state index is -3.47. The van der Waals surface area contributed by atoms with Gasteiger partial charge in [-0.3, -0.25) is 28.7 Å². The lowest BCUT2D eigenvalue weighted by molar-refractivity contribution is 0.0800. The Labute approximate surface area is 220 Å². The summed E-state index contributed by atoms with van der Waals surface area (Å²) in [6.45, 7) is 7.59. The summed E-state index contributed by atoms with van der Waals surface area (Å²) in [5.74, 6) is 0. The Morgan fingerprint density at radius 1 is 0.879 bits per heavy atom. The van der Waals surface area contributed by atoms with Crippen LogP contribution in [0.1, 0.15) is 26.5 Å². The van der Waals surface area contributed by atoms with Crippen molar-refractivity contribution in [1.29, 1.82) is 0 Å². The first kappa shape index (κ1) is 35.8. The average molecular weight is 742 g/mol. The predicted octanol–water partition coefficient (Wildman–Crippen LogP) is 3.25. The number of ether oxygens (including phenoxy) is 1. The van der Waals surface area contributed by atoms with Crippen molar-refractivity contribution in [3.63, 3.8) is 0 Å². The maximum absolute atomic E-state index is 12.1. The van der Waals surface area contributed by atoms with E-state index in [0.29, 0.717) is 5.69 Å². The summed E-state index contributed by atoms with van der Waals surface area (Å²) in [6.07, 6.45) is -0.365. The highest BCUT2D eigenvalue weighted by atomic mass is 128. The van der Waals surface area contributed by atoms with Crippen molar-refractivity contribution in [1.82, 2.24) is 20.2 Å². The van der Waals surface area contributed by atoms with E-state index >= 15 is 0 Å². The standard InChI is InChI=1S/C8H15N2O4P.C7H17N2O4P.C2H6.I2/c1-6-7(15(12,13-4)14-5)8(11)10(3)9(6)2;1-5-6(7(11-2)9-8-5)14(10,12-3)13-4;2*1-2/h1-5H3;5-9H,1-4H3;1-2H3;. The third kappa shape index (κ3) is 8.62. The lowest BCUT2D eigenvalue weighted by atomic mass is 10.2. The normalized spacial score (nSPS) is 20.1. The summed E-state index contributed by atoms with van der Waals surface area (Å²) >= 11 is 4.24. The van der Waals surface area contributed by atoms with Crippen LogP contribution in [-0.4, -0.2) is 62.8 Å². The van der Waals surface area contributed by atoms with Crippen molar-refractivity contribution in [2.45, 2.75) is 45.6 Å². The molecule has 3 atom stereocenters. The first-order valence-corrected chi connectivity index (χ1v) is 19.3. The molecule has 1 fully saturated rings. The molecule has 12 nitrogen and oxygen atoms in total. The summed E-state index contributed by atoms with van der Waals surface area (Å²) in [5, 5.41) is 0.0949. The first-order chi connectivity index (χ1) is 15.5. The van der Waals surface area contributed by atoms with Crippen molar-refractivity contribution in [3.8, 4) is 0 Å². The van der Waals surface area contributed by atoms with E-state index in [1.807, 2.05) is 20.8 Å². The Bertz CT molecular complexity index is 836. The van der Waals surface area contributed by atoms with Crippen molar-refractivity contribution in [2.75, 3.05) is 35.5 Å². The third-order valence-corrected chi connectivity index (χ3v) is 9.42. The summed E-state index contributed by atoms with van der Waals surface area (Å²) < 4.78 is 51.8. The summed E-state index contributed by atoms with van der Waals surface area (Å²) in [5.41, 5.74) is 5.69. The fourth-order valence-electron chi connectivity index (χ4n) is 3.00. The molecule has 0 bridgehead atoms. The van der Waals surface area contributed by atoms with Crippen LogP contribution in [0.4, 0.5) is 0 Å². The Morgan fingerprint density at radius 3 is 1.64 bits per heavy atom. The van der Waals surface area contributed by atoms with Gasteiger partial charge in [-0.25, -0.2) is 5.43 Å². The lowest BCUT2D eigenvalue weighted by Gasteiger charge is -2.25. The molecule has 1 aliphatic heterocycles. The molecule has 0 amide bonds. The zero-order valence-electron chi connectivity index (χ0n) is 21.0. The van der Waals surface area contributed by atoms with Crippen LogP contribution < -0.4 is 21.7 Å². The van der Waals surface area contributed by atoms with Gasteiger partial charge in [0, 0.05) is 92.9 Å². The van der Waals surface area contributed by atoms with Crippen molar-refractivity contribution in [2.24, 2.45) is 14.1 Å². The monoisotopic (exact) mass is 742 g/mol. The SMILES string of the molecule is CC.COC1NNC(C)C1P(=O)(OC)OC.COP(=O)(OC)c1c(C)n(C)n(C)c1=O.II. The van der Waals surface area contributed by atoms with E-state index in [9.17, 15) is 13.9 Å². The Hall–Kier alpha value is 0.650. The fraction of sp³-hybridized carbons (Fsp3) is 0.824. The van der Waals surface area contributed by atoms with E-state index in [-0.39, 0.29) is 28.8 Å². The molecule has 16 heteroatoms. The molecule has 0 radical (unpaired) electrons. The van der Waals surface area contributed by atoms with E-state index in [1.54, 1.807) is 32.8 Å². The maximum atomic E-state index is 12.1. The molecular formula is C17H38I2N4O8P2. The molecule has 33 heavy (non-hydrogen) atoms. The van der Waals surface area contributed by atoms with E-state index in [1.165, 1.54) is 33.1 Å². The largest absolute Gasteiger partial charge is 0.368 e. The van der Waals surface area contributed by atoms with E-state index in [4.69, 9.17) is 22.8 Å². The van der Waals surface area contributed by atoms with Crippen LogP contribution in [0.15, 0.2) is 4.79 Å². The number of nitrogens with zero attached hydrogens (tertiary/aromatic N) is 2. The predicted molar refractivity (Wildman–Crippen MR) is 148 cm³/mol. The lowest BCUT2D eigenvalue weighted by Crippen LogP contribution is -2.35. The second-order valence-electron chi connectivity index (χ2n) is 6.28. The molecule has 2 N–H and O–H groups in total. The van der Waals surface area contributed by atoms with Gasteiger partial charge in [0.05, 0.1) is 5.69 Å². The quantitative estimate of drug-likeness (QED) is 0.317. The minimum Gasteiger partial charge on any atom is -0.364 e. The fourth-order valence-corrected chi connectivity index (χ4v) is 6.22. The topological polar surface area (TPSA) is 131 Å². The van der Waals surface area contributed by atoms with Gasteiger partial charge in [-0.15, -0.1) is 0 Å². The molecule has 2 rings (SSSR count). The van der Waals surface area contributed by atoms with Gasteiger partial charge in [-0.05, 0) is 13.8 Å². The molecule has 1 aromatic heterocycles. The molecule has 1 aromatic rings. The van der Waals surface area contributed by atoms with Crippen molar-refractivity contribution in [3.05, 3.63) is 16.0 Å². The minimum absolute atomic E-state index is 0.0364. The van der Waals surface area contributed by atoms with Crippen LogP contribution in [0.5, 0.6) is 0 Å². The summed E-state index contributed by atoms with van der Waals surface area (Å²) in [6, 6.07) is -0.0364. The highest BCUT2D eigenvalue weighted by Crippen LogP contribution is 2.55. The first-order valence-electron chi connectivity index (χ1n) is 9.81. The van der Waals surface area contributed by atoms with Gasteiger partial charge in [-0.1, -0.05) is 13.8 Å². The molecule has 0 spiro atoms. The number of hydrazine groups is 1.